The van der Waals surface area contributed by atoms with Gasteiger partial charge in [-0.3, -0.25) is 9.69 Å². The highest BCUT2D eigenvalue weighted by Crippen LogP contribution is 2.40. The Labute approximate surface area is 126 Å². The maximum absolute atomic E-state index is 12.2. The van der Waals surface area contributed by atoms with Gasteiger partial charge in [0, 0.05) is 25.0 Å². The molecule has 1 saturated heterocycles. The molecule has 0 aromatic carbocycles. The molecule has 1 aliphatic heterocycles. The molecule has 5 heteroatoms. The average molecular weight is 291 g/mol. The van der Waals surface area contributed by atoms with Crippen molar-refractivity contribution in [3.05, 3.63) is 18.2 Å². The van der Waals surface area contributed by atoms with Gasteiger partial charge < -0.3 is 9.30 Å². The number of methoxy groups -OCH3 is 1. The molecule has 21 heavy (non-hydrogen) atoms. The van der Waals surface area contributed by atoms with E-state index < -0.39 is 0 Å². The zero-order valence-corrected chi connectivity index (χ0v) is 13.0. The van der Waals surface area contributed by atoms with Gasteiger partial charge in [0.05, 0.1) is 13.7 Å². The van der Waals surface area contributed by atoms with Crippen LogP contribution in [0.2, 0.25) is 0 Å². The van der Waals surface area contributed by atoms with Crippen LogP contribution in [-0.2, 0) is 22.6 Å². The molecule has 5 nitrogen and oxygen atoms in total. The highest BCUT2D eigenvalue weighted by atomic mass is 16.5. The summed E-state index contributed by atoms with van der Waals surface area (Å²) in [6.45, 7) is 3.79. The third-order valence-electron chi connectivity index (χ3n) is 5.16. The summed E-state index contributed by atoms with van der Waals surface area (Å²) in [5.41, 5.74) is 0. The highest BCUT2D eigenvalue weighted by molar-refractivity contribution is 5.76. The van der Waals surface area contributed by atoms with Crippen LogP contribution in [0.25, 0.3) is 0 Å². The van der Waals surface area contributed by atoms with Gasteiger partial charge >= 0.3 is 5.97 Å². The monoisotopic (exact) mass is 291 g/mol. The quantitative estimate of drug-likeness (QED) is 0.798. The highest BCUT2D eigenvalue weighted by Gasteiger charge is 2.45. The number of fused-ring (bicyclic) bond motifs is 1. The van der Waals surface area contributed by atoms with Crippen LogP contribution in [0.5, 0.6) is 0 Å². The molecule has 1 saturated carbocycles. The van der Waals surface area contributed by atoms with E-state index in [0.717, 1.165) is 25.3 Å². The van der Waals surface area contributed by atoms with E-state index in [2.05, 4.69) is 21.4 Å². The Balaban J connectivity index is 1.82. The number of rotatable bonds is 4. The molecule has 3 rings (SSSR count). The molecule has 0 unspecified atom stereocenters. The van der Waals surface area contributed by atoms with Gasteiger partial charge in [0.15, 0.2) is 0 Å². The van der Waals surface area contributed by atoms with Gasteiger partial charge in [0.1, 0.15) is 11.9 Å². The summed E-state index contributed by atoms with van der Waals surface area (Å²) in [6.07, 6.45) is 9.82. The van der Waals surface area contributed by atoms with E-state index in [1.807, 2.05) is 12.4 Å². The third kappa shape index (κ3) is 2.71. The Bertz CT molecular complexity index is 499. The van der Waals surface area contributed by atoms with Crippen LogP contribution in [0.1, 0.15) is 44.9 Å². The SMILES string of the molecule is CCn1ccnc1CN1[C@H](C(=O)OC)C[C@H]2CCCC[C@@H]21. The normalized spacial score (nSPS) is 29.3. The Hall–Kier alpha value is -1.36. The second kappa shape index (κ2) is 6.18. The molecule has 116 valence electrons. The number of carbonyl (C=O) groups excluding carboxylic acids is 1. The number of likely N-dealkylation sites (tertiary alicyclic amines) is 1. The van der Waals surface area contributed by atoms with E-state index in [0.29, 0.717) is 12.0 Å². The number of aryl methyl sites for hydroxylation is 1. The first kappa shape index (κ1) is 14.6. The lowest BCUT2D eigenvalue weighted by molar-refractivity contribution is -0.146. The van der Waals surface area contributed by atoms with Gasteiger partial charge in [-0.25, -0.2) is 4.98 Å². The number of ether oxygens (including phenoxy) is 1. The van der Waals surface area contributed by atoms with Gasteiger partial charge in [-0.15, -0.1) is 0 Å². The fourth-order valence-electron chi connectivity index (χ4n) is 4.09. The summed E-state index contributed by atoms with van der Waals surface area (Å²) < 4.78 is 7.20. The second-order valence-electron chi connectivity index (χ2n) is 6.19. The van der Waals surface area contributed by atoms with Crippen molar-refractivity contribution in [3.63, 3.8) is 0 Å². The molecule has 2 heterocycles. The van der Waals surface area contributed by atoms with Crippen molar-refractivity contribution in [3.8, 4) is 0 Å². The van der Waals surface area contributed by atoms with E-state index >= 15 is 0 Å². The maximum Gasteiger partial charge on any atom is 0.323 e. The molecular weight excluding hydrogens is 266 g/mol. The molecule has 0 amide bonds. The summed E-state index contributed by atoms with van der Waals surface area (Å²) in [7, 11) is 1.50. The lowest BCUT2D eigenvalue weighted by atomic mass is 9.85. The molecule has 0 radical (unpaired) electrons. The Kier molecular flexibility index (Phi) is 4.29. The molecule has 2 fully saturated rings. The Morgan fingerprint density at radius 2 is 2.24 bits per heavy atom. The molecule has 1 aromatic rings. The van der Waals surface area contributed by atoms with Crippen molar-refractivity contribution in [1.82, 2.24) is 14.5 Å². The van der Waals surface area contributed by atoms with E-state index in [-0.39, 0.29) is 12.0 Å². The van der Waals surface area contributed by atoms with Gasteiger partial charge in [0.2, 0.25) is 0 Å². The summed E-state index contributed by atoms with van der Waals surface area (Å²) in [5.74, 6) is 1.62. The van der Waals surface area contributed by atoms with Gasteiger partial charge in [-0.2, -0.15) is 0 Å². The smallest absolute Gasteiger partial charge is 0.323 e. The van der Waals surface area contributed by atoms with Crippen molar-refractivity contribution >= 4 is 5.97 Å². The fraction of sp³-hybridized carbons (Fsp3) is 0.750. The summed E-state index contributed by atoms with van der Waals surface area (Å²) in [5, 5.41) is 0. The first-order valence-corrected chi connectivity index (χ1v) is 8.08. The van der Waals surface area contributed by atoms with Crippen LogP contribution in [0.4, 0.5) is 0 Å². The van der Waals surface area contributed by atoms with Crippen LogP contribution < -0.4 is 0 Å². The Morgan fingerprint density at radius 3 is 3.00 bits per heavy atom. The standard InChI is InChI=1S/C16H25N3O2/c1-3-18-9-8-17-15(18)11-19-13-7-5-4-6-12(13)10-14(19)16(20)21-2/h8-9,12-14H,3-7,10-11H2,1-2H3/t12-,13+,14+/m1/s1. The predicted molar refractivity (Wildman–Crippen MR) is 79.6 cm³/mol. The summed E-state index contributed by atoms with van der Waals surface area (Å²) >= 11 is 0. The van der Waals surface area contributed by atoms with E-state index in [1.165, 1.54) is 32.8 Å². The van der Waals surface area contributed by atoms with Crippen LogP contribution in [-0.4, -0.2) is 39.6 Å². The molecule has 1 aliphatic carbocycles. The van der Waals surface area contributed by atoms with Crippen LogP contribution in [0.15, 0.2) is 12.4 Å². The van der Waals surface area contributed by atoms with Gasteiger partial charge in [0.25, 0.3) is 0 Å². The van der Waals surface area contributed by atoms with Crippen molar-refractivity contribution in [1.29, 1.82) is 0 Å². The first-order chi connectivity index (χ1) is 10.2. The minimum Gasteiger partial charge on any atom is -0.468 e. The van der Waals surface area contributed by atoms with Crippen molar-refractivity contribution in [2.24, 2.45) is 5.92 Å². The van der Waals surface area contributed by atoms with Crippen molar-refractivity contribution in [2.45, 2.75) is 64.2 Å². The largest absolute Gasteiger partial charge is 0.468 e. The number of hydrogen-bond donors (Lipinski definition) is 0. The molecule has 2 aliphatic rings. The lowest BCUT2D eigenvalue weighted by Crippen LogP contribution is -2.42. The minimum absolute atomic E-state index is 0.0843. The van der Waals surface area contributed by atoms with Gasteiger partial charge in [-0.1, -0.05) is 12.8 Å². The lowest BCUT2D eigenvalue weighted by Gasteiger charge is -2.33. The van der Waals surface area contributed by atoms with E-state index in [4.69, 9.17) is 4.74 Å². The zero-order chi connectivity index (χ0) is 14.8. The number of carbonyl (C=O) groups is 1. The molecule has 3 atom stereocenters. The van der Waals surface area contributed by atoms with Crippen molar-refractivity contribution < 1.29 is 9.53 Å². The molecule has 0 N–H and O–H groups in total. The minimum atomic E-state index is -0.0925. The van der Waals surface area contributed by atoms with E-state index in [9.17, 15) is 4.79 Å². The number of nitrogens with zero attached hydrogens (tertiary/aromatic N) is 3. The predicted octanol–water partition coefficient (Wildman–Crippen LogP) is 2.21. The van der Waals surface area contributed by atoms with Crippen LogP contribution >= 0.6 is 0 Å². The number of hydrogen-bond acceptors (Lipinski definition) is 4. The summed E-state index contributed by atoms with van der Waals surface area (Å²) in [6, 6.07) is 0.426. The third-order valence-corrected chi connectivity index (χ3v) is 5.16. The molecule has 0 bridgehead atoms. The van der Waals surface area contributed by atoms with Crippen LogP contribution in [0.3, 0.4) is 0 Å². The van der Waals surface area contributed by atoms with Crippen LogP contribution in [0, 0.1) is 5.92 Å². The van der Waals surface area contributed by atoms with Gasteiger partial charge in [-0.05, 0) is 32.1 Å². The number of imidazole rings is 1. The average Bonchev–Trinajstić information content (AvgIpc) is 3.11. The topological polar surface area (TPSA) is 47.4 Å². The van der Waals surface area contributed by atoms with Crippen molar-refractivity contribution in [2.75, 3.05) is 7.11 Å². The second-order valence-corrected chi connectivity index (χ2v) is 6.19. The molecule has 1 aromatic heterocycles. The Morgan fingerprint density at radius 1 is 1.43 bits per heavy atom. The zero-order valence-electron chi connectivity index (χ0n) is 13.0. The number of esters is 1. The maximum atomic E-state index is 12.2. The number of aromatic nitrogens is 2. The van der Waals surface area contributed by atoms with E-state index in [1.54, 1.807) is 0 Å². The summed E-state index contributed by atoms with van der Waals surface area (Å²) in [4.78, 5) is 19.0. The molecule has 0 spiro atoms. The molecular formula is C16H25N3O2. The first-order valence-electron chi connectivity index (χ1n) is 8.08. The fourth-order valence-corrected chi connectivity index (χ4v) is 4.09.